The topological polar surface area (TPSA) is 93.1 Å². The van der Waals surface area contributed by atoms with Gasteiger partial charge in [-0.3, -0.25) is 0 Å². The van der Waals surface area contributed by atoms with E-state index in [4.69, 9.17) is 10.2 Å². The van der Waals surface area contributed by atoms with Crippen LogP contribution in [0.25, 0.3) is 0 Å². The van der Waals surface area contributed by atoms with Crippen molar-refractivity contribution in [2.45, 2.75) is 26.9 Å². The first-order valence-electron chi connectivity index (χ1n) is 5.56. The van der Waals surface area contributed by atoms with Gasteiger partial charge in [0.15, 0.2) is 0 Å². The minimum Gasteiger partial charge on any atom is -0.501 e. The third-order valence-electron chi connectivity index (χ3n) is 0.947. The maximum atomic E-state index is 9.71. The van der Waals surface area contributed by atoms with E-state index >= 15 is 0 Å². The van der Waals surface area contributed by atoms with Crippen molar-refractivity contribution < 1.29 is 29.3 Å². The van der Waals surface area contributed by atoms with E-state index in [2.05, 4.69) is 22.6 Å². The van der Waals surface area contributed by atoms with Crippen LogP contribution in [0.5, 0.6) is 0 Å². The number of carboxylic acid groups (broad SMARTS) is 2. The molecule has 0 aromatic carbocycles. The number of hydrogen-bond acceptors (Lipinski definition) is 4. The number of rotatable bonds is 6. The summed E-state index contributed by atoms with van der Waals surface area (Å²) in [6.07, 6.45) is 4.21. The molecule has 0 fully saturated rings. The molecule has 110 valence electrons. The van der Waals surface area contributed by atoms with Gasteiger partial charge in [-0.2, -0.15) is 0 Å². The molecule has 7 heteroatoms. The standard InChI is InChI=1S/2C5H8O3.C2H6Si/c2*1-2-8-4-3-5(6)7;1-3-2/h2*3-4H,2H2,1H3,(H,6,7);1-2H3. The lowest BCUT2D eigenvalue weighted by Crippen LogP contribution is -1.87. The Morgan fingerprint density at radius 3 is 1.37 bits per heavy atom. The molecule has 0 aliphatic heterocycles. The van der Waals surface area contributed by atoms with Gasteiger partial charge in [-0.15, -0.1) is 0 Å². The van der Waals surface area contributed by atoms with Crippen molar-refractivity contribution in [2.75, 3.05) is 13.2 Å². The lowest BCUT2D eigenvalue weighted by molar-refractivity contribution is -0.132. The molecular weight excluding hydrogens is 268 g/mol. The summed E-state index contributed by atoms with van der Waals surface area (Å²) in [7, 11) is 1.08. The predicted molar refractivity (Wildman–Crippen MR) is 74.3 cm³/mol. The van der Waals surface area contributed by atoms with Crippen LogP contribution in [0.3, 0.4) is 0 Å². The average molecular weight is 290 g/mol. The van der Waals surface area contributed by atoms with E-state index in [1.165, 1.54) is 0 Å². The summed E-state index contributed by atoms with van der Waals surface area (Å²) < 4.78 is 9.17. The van der Waals surface area contributed by atoms with E-state index < -0.39 is 11.9 Å². The Morgan fingerprint density at radius 1 is 0.947 bits per heavy atom. The fourth-order valence-corrected chi connectivity index (χ4v) is 0.405. The molecule has 0 amide bonds. The van der Waals surface area contributed by atoms with Gasteiger partial charge in [0.2, 0.25) is 0 Å². The molecule has 0 aliphatic rings. The van der Waals surface area contributed by atoms with Crippen LogP contribution in [0.15, 0.2) is 24.7 Å². The quantitative estimate of drug-likeness (QED) is 0.442. The van der Waals surface area contributed by atoms with Crippen molar-refractivity contribution in [2.24, 2.45) is 0 Å². The second-order valence-corrected chi connectivity index (χ2v) is 3.69. The minimum atomic E-state index is -0.988. The molecule has 0 spiro atoms. The highest BCUT2D eigenvalue weighted by molar-refractivity contribution is 6.31. The summed E-state index contributed by atoms with van der Waals surface area (Å²) in [6, 6.07) is 0. The molecule has 0 saturated carbocycles. The highest BCUT2D eigenvalue weighted by atomic mass is 28.2. The fraction of sp³-hybridized carbons (Fsp3) is 0.500. The predicted octanol–water partition coefficient (Wildman–Crippen LogP) is 2.03. The van der Waals surface area contributed by atoms with E-state index in [0.717, 1.165) is 34.2 Å². The number of hydrogen-bond donors (Lipinski definition) is 2. The molecule has 0 unspecified atom stereocenters. The van der Waals surface area contributed by atoms with Crippen LogP contribution in [0.1, 0.15) is 13.8 Å². The zero-order valence-corrected chi connectivity index (χ0v) is 12.8. The summed E-state index contributed by atoms with van der Waals surface area (Å²) in [5, 5.41) is 15.9. The van der Waals surface area contributed by atoms with Crippen LogP contribution < -0.4 is 0 Å². The Labute approximate surface area is 116 Å². The molecule has 19 heavy (non-hydrogen) atoms. The van der Waals surface area contributed by atoms with Crippen molar-refractivity contribution in [3.8, 4) is 0 Å². The summed E-state index contributed by atoms with van der Waals surface area (Å²) in [4.78, 5) is 19.4. The first kappa shape index (κ1) is 22.4. The molecule has 2 radical (unpaired) electrons. The third-order valence-corrected chi connectivity index (χ3v) is 0.947. The molecule has 0 heterocycles. The Kier molecular flexibility index (Phi) is 25.4. The first-order valence-corrected chi connectivity index (χ1v) is 7.56. The molecule has 0 aliphatic carbocycles. The van der Waals surface area contributed by atoms with E-state index in [9.17, 15) is 9.59 Å². The van der Waals surface area contributed by atoms with Crippen LogP contribution in [0, 0.1) is 0 Å². The van der Waals surface area contributed by atoms with Crippen LogP contribution in [-0.2, 0) is 19.1 Å². The minimum absolute atomic E-state index is 0.504. The van der Waals surface area contributed by atoms with Gasteiger partial charge in [-0.25, -0.2) is 9.59 Å². The van der Waals surface area contributed by atoms with E-state index in [0.29, 0.717) is 13.2 Å². The maximum absolute atomic E-state index is 9.71. The number of carboxylic acids is 2. The second-order valence-electron chi connectivity index (χ2n) is 2.69. The Morgan fingerprint density at radius 2 is 1.21 bits per heavy atom. The Bertz CT molecular complexity index is 237. The van der Waals surface area contributed by atoms with Crippen LogP contribution in [0.4, 0.5) is 0 Å². The van der Waals surface area contributed by atoms with E-state index in [1.807, 2.05) is 0 Å². The van der Waals surface area contributed by atoms with Crippen LogP contribution in [-0.4, -0.2) is 44.9 Å². The summed E-state index contributed by atoms with van der Waals surface area (Å²) in [6.45, 7) is 8.88. The van der Waals surface area contributed by atoms with E-state index in [-0.39, 0.29) is 0 Å². The van der Waals surface area contributed by atoms with Crippen molar-refractivity contribution in [3.63, 3.8) is 0 Å². The van der Waals surface area contributed by atoms with Gasteiger partial charge in [0, 0.05) is 9.52 Å². The van der Waals surface area contributed by atoms with Crippen molar-refractivity contribution in [1.29, 1.82) is 0 Å². The average Bonchev–Trinajstić information content (AvgIpc) is 2.31. The van der Waals surface area contributed by atoms with Gasteiger partial charge in [-0.05, 0) is 13.8 Å². The zero-order chi connectivity index (χ0) is 15.5. The highest BCUT2D eigenvalue weighted by Crippen LogP contribution is 1.75. The van der Waals surface area contributed by atoms with Gasteiger partial charge >= 0.3 is 11.9 Å². The largest absolute Gasteiger partial charge is 0.501 e. The molecular formula is C12H22O6Si. The molecule has 0 aromatic rings. The second kappa shape index (κ2) is 21.5. The normalized spacial score (nSPS) is 9.05. The third kappa shape index (κ3) is 48.5. The SMILES string of the molecule is CCOC=CC(=O)O.CCOC=CC(=O)O.C[Si]C. The van der Waals surface area contributed by atoms with Crippen LogP contribution >= 0.6 is 0 Å². The van der Waals surface area contributed by atoms with Gasteiger partial charge in [0.25, 0.3) is 0 Å². The molecule has 6 nitrogen and oxygen atoms in total. The lowest BCUT2D eigenvalue weighted by Gasteiger charge is -1.87. The smallest absolute Gasteiger partial charge is 0.331 e. The number of carbonyl (C=O) groups is 2. The van der Waals surface area contributed by atoms with Gasteiger partial charge < -0.3 is 19.7 Å². The highest BCUT2D eigenvalue weighted by Gasteiger charge is 1.82. The molecule has 0 aromatic heterocycles. The van der Waals surface area contributed by atoms with Gasteiger partial charge in [-0.1, -0.05) is 13.1 Å². The molecule has 0 saturated heterocycles. The Hall–Kier alpha value is -1.76. The lowest BCUT2D eigenvalue weighted by atomic mass is 10.6. The zero-order valence-electron chi connectivity index (χ0n) is 11.8. The number of aliphatic carboxylic acids is 2. The number of ether oxygens (including phenoxy) is 2. The Balaban J connectivity index is -0.000000224. The maximum Gasteiger partial charge on any atom is 0.331 e. The van der Waals surface area contributed by atoms with Crippen molar-refractivity contribution in [1.82, 2.24) is 0 Å². The molecule has 2 N–H and O–H groups in total. The van der Waals surface area contributed by atoms with Gasteiger partial charge in [0.05, 0.1) is 37.9 Å². The molecule has 0 bridgehead atoms. The van der Waals surface area contributed by atoms with Crippen molar-refractivity contribution >= 4 is 21.5 Å². The van der Waals surface area contributed by atoms with Crippen LogP contribution in [0.2, 0.25) is 13.1 Å². The summed E-state index contributed by atoms with van der Waals surface area (Å²) in [5.74, 6) is -1.98. The molecule has 0 rings (SSSR count). The summed E-state index contributed by atoms with van der Waals surface area (Å²) >= 11 is 0. The van der Waals surface area contributed by atoms with Gasteiger partial charge in [0.1, 0.15) is 0 Å². The first-order chi connectivity index (χ1) is 8.95. The molecule has 0 atom stereocenters. The fourth-order valence-electron chi connectivity index (χ4n) is 0.405. The van der Waals surface area contributed by atoms with E-state index in [1.54, 1.807) is 13.8 Å². The summed E-state index contributed by atoms with van der Waals surface area (Å²) in [5.41, 5.74) is 0. The van der Waals surface area contributed by atoms with Crippen molar-refractivity contribution in [3.05, 3.63) is 24.7 Å². The monoisotopic (exact) mass is 290 g/mol.